The van der Waals surface area contributed by atoms with E-state index in [0.29, 0.717) is 11.4 Å². The van der Waals surface area contributed by atoms with Crippen LogP contribution in [0.4, 0.5) is 11.4 Å². The lowest BCUT2D eigenvalue weighted by Gasteiger charge is -2.14. The Labute approximate surface area is 101 Å². The van der Waals surface area contributed by atoms with Crippen molar-refractivity contribution in [3.05, 3.63) is 24.4 Å². The van der Waals surface area contributed by atoms with Gasteiger partial charge in [-0.2, -0.15) is 0 Å². The lowest BCUT2D eigenvalue weighted by atomic mass is 10.1. The summed E-state index contributed by atoms with van der Waals surface area (Å²) in [5.74, 6) is 0.684. The monoisotopic (exact) mass is 231 g/mol. The predicted molar refractivity (Wildman–Crippen MR) is 71.5 cm³/mol. The Bertz CT molecular complexity index is 525. The quantitative estimate of drug-likeness (QED) is 0.794. The number of rotatable bonds is 4. The Kier molecular flexibility index (Phi) is 3.32. The Morgan fingerprint density at radius 2 is 2.29 bits per heavy atom. The molecule has 0 fully saturated rings. The van der Waals surface area contributed by atoms with Gasteiger partial charge in [-0.15, -0.1) is 0 Å². The second kappa shape index (κ2) is 4.91. The van der Waals surface area contributed by atoms with Crippen LogP contribution in [-0.4, -0.2) is 18.6 Å². The summed E-state index contributed by atoms with van der Waals surface area (Å²) in [6, 6.07) is 5.82. The number of nitrogen functional groups attached to an aromatic ring is 1. The molecule has 0 unspecified atom stereocenters. The van der Waals surface area contributed by atoms with E-state index in [1.165, 1.54) is 0 Å². The number of hydrogen-bond donors (Lipinski definition) is 2. The Morgan fingerprint density at radius 3 is 3.00 bits per heavy atom. The first-order chi connectivity index (χ1) is 8.27. The average Bonchev–Trinajstić information content (AvgIpc) is 2.37. The fraction of sp³-hybridized carbons (Fsp3) is 0.308. The minimum Gasteiger partial charge on any atom is -0.494 e. The van der Waals surface area contributed by atoms with Gasteiger partial charge in [-0.1, -0.05) is 13.0 Å². The van der Waals surface area contributed by atoms with Crippen LogP contribution < -0.4 is 15.8 Å². The van der Waals surface area contributed by atoms with E-state index in [2.05, 4.69) is 17.2 Å². The van der Waals surface area contributed by atoms with E-state index in [1.807, 2.05) is 18.2 Å². The van der Waals surface area contributed by atoms with Gasteiger partial charge < -0.3 is 15.8 Å². The molecule has 0 atom stereocenters. The van der Waals surface area contributed by atoms with Crippen molar-refractivity contribution in [1.29, 1.82) is 0 Å². The van der Waals surface area contributed by atoms with Crippen LogP contribution in [0.5, 0.6) is 5.75 Å². The first kappa shape index (κ1) is 11.5. The van der Waals surface area contributed by atoms with Crippen molar-refractivity contribution in [3.8, 4) is 5.75 Å². The van der Waals surface area contributed by atoms with Gasteiger partial charge in [0, 0.05) is 18.1 Å². The van der Waals surface area contributed by atoms with Crippen LogP contribution in [0.2, 0.25) is 0 Å². The zero-order valence-electron chi connectivity index (χ0n) is 10.2. The topological polar surface area (TPSA) is 60.2 Å². The highest BCUT2D eigenvalue weighted by Gasteiger charge is 2.11. The fourth-order valence-corrected chi connectivity index (χ4v) is 1.81. The minimum absolute atomic E-state index is 0.618. The summed E-state index contributed by atoms with van der Waals surface area (Å²) in [7, 11) is 1.62. The Hall–Kier alpha value is -1.97. The number of nitrogens with two attached hydrogens (primary N) is 1. The van der Waals surface area contributed by atoms with Crippen molar-refractivity contribution in [2.45, 2.75) is 13.3 Å². The van der Waals surface area contributed by atoms with Crippen molar-refractivity contribution in [3.63, 3.8) is 0 Å². The summed E-state index contributed by atoms with van der Waals surface area (Å²) >= 11 is 0. The van der Waals surface area contributed by atoms with Gasteiger partial charge in [-0.3, -0.25) is 4.98 Å². The van der Waals surface area contributed by atoms with Crippen LogP contribution in [0, 0.1) is 0 Å². The van der Waals surface area contributed by atoms with E-state index < -0.39 is 0 Å². The summed E-state index contributed by atoms with van der Waals surface area (Å²) in [5, 5.41) is 4.34. The maximum absolute atomic E-state index is 6.07. The molecule has 1 aromatic heterocycles. The molecule has 0 radical (unpaired) electrons. The maximum atomic E-state index is 6.07. The van der Waals surface area contributed by atoms with Crippen LogP contribution in [0.25, 0.3) is 10.9 Å². The largest absolute Gasteiger partial charge is 0.494 e. The first-order valence-electron chi connectivity index (χ1n) is 5.73. The number of ether oxygens (including phenoxy) is 1. The molecule has 4 nitrogen and oxygen atoms in total. The zero-order valence-corrected chi connectivity index (χ0v) is 10.2. The average molecular weight is 231 g/mol. The van der Waals surface area contributed by atoms with E-state index in [1.54, 1.807) is 13.3 Å². The molecule has 0 aliphatic rings. The molecular formula is C13H17N3O. The van der Waals surface area contributed by atoms with Crippen molar-refractivity contribution in [2.75, 3.05) is 24.7 Å². The van der Waals surface area contributed by atoms with E-state index >= 15 is 0 Å². The van der Waals surface area contributed by atoms with Crippen molar-refractivity contribution >= 4 is 22.3 Å². The van der Waals surface area contributed by atoms with E-state index in [-0.39, 0.29) is 0 Å². The molecule has 0 saturated carbocycles. The summed E-state index contributed by atoms with van der Waals surface area (Å²) in [4.78, 5) is 4.37. The second-order valence-electron chi connectivity index (χ2n) is 3.87. The predicted octanol–water partition coefficient (Wildman–Crippen LogP) is 2.65. The molecule has 4 heteroatoms. The van der Waals surface area contributed by atoms with E-state index in [4.69, 9.17) is 10.5 Å². The van der Waals surface area contributed by atoms with Crippen LogP contribution in [-0.2, 0) is 0 Å². The number of nitrogens with one attached hydrogen (secondary N) is 1. The van der Waals surface area contributed by atoms with E-state index in [9.17, 15) is 0 Å². The van der Waals surface area contributed by atoms with Crippen molar-refractivity contribution in [1.82, 2.24) is 4.98 Å². The Balaban J connectivity index is 2.62. The number of benzene rings is 1. The summed E-state index contributed by atoms with van der Waals surface area (Å²) in [5.41, 5.74) is 8.44. The van der Waals surface area contributed by atoms with Gasteiger partial charge in [-0.05, 0) is 18.6 Å². The minimum atomic E-state index is 0.618. The fourth-order valence-electron chi connectivity index (χ4n) is 1.81. The number of pyridine rings is 1. The van der Waals surface area contributed by atoms with Gasteiger partial charge in [0.2, 0.25) is 0 Å². The molecule has 1 heterocycles. The third-order valence-electron chi connectivity index (χ3n) is 2.67. The highest BCUT2D eigenvalue weighted by atomic mass is 16.5. The normalized spacial score (nSPS) is 10.5. The van der Waals surface area contributed by atoms with Crippen LogP contribution in [0.15, 0.2) is 24.4 Å². The maximum Gasteiger partial charge on any atom is 0.144 e. The Morgan fingerprint density at radius 1 is 1.47 bits per heavy atom. The molecule has 0 saturated heterocycles. The van der Waals surface area contributed by atoms with Gasteiger partial charge in [0.25, 0.3) is 0 Å². The first-order valence-corrected chi connectivity index (χ1v) is 5.73. The third-order valence-corrected chi connectivity index (χ3v) is 2.67. The highest BCUT2D eigenvalue weighted by molar-refractivity contribution is 5.99. The zero-order chi connectivity index (χ0) is 12.3. The van der Waals surface area contributed by atoms with Gasteiger partial charge >= 0.3 is 0 Å². The van der Waals surface area contributed by atoms with Crippen molar-refractivity contribution < 1.29 is 4.74 Å². The van der Waals surface area contributed by atoms with Crippen molar-refractivity contribution in [2.24, 2.45) is 0 Å². The number of fused-ring (bicyclic) bond motifs is 1. The van der Waals surface area contributed by atoms with Gasteiger partial charge in [0.1, 0.15) is 5.75 Å². The third kappa shape index (κ3) is 2.11. The highest BCUT2D eigenvalue weighted by Crippen LogP contribution is 2.36. The molecule has 2 rings (SSSR count). The van der Waals surface area contributed by atoms with Gasteiger partial charge in [0.15, 0.2) is 0 Å². The van der Waals surface area contributed by atoms with E-state index in [0.717, 1.165) is 29.6 Å². The van der Waals surface area contributed by atoms with Crippen LogP contribution in [0.3, 0.4) is 0 Å². The SMILES string of the molecule is CCCNc1c(N)c(OC)cc2cccnc12. The van der Waals surface area contributed by atoms with Gasteiger partial charge in [0.05, 0.1) is 24.0 Å². The molecule has 0 aliphatic heterocycles. The molecule has 0 bridgehead atoms. The standard InChI is InChI=1S/C13H17N3O/c1-3-6-15-13-11(14)10(17-2)8-9-5-4-7-16-12(9)13/h4-5,7-8,15H,3,6,14H2,1-2H3. The summed E-state index contributed by atoms with van der Waals surface area (Å²) in [6.07, 6.45) is 2.80. The lowest BCUT2D eigenvalue weighted by molar-refractivity contribution is 0.417. The molecule has 1 aromatic carbocycles. The molecular weight excluding hydrogens is 214 g/mol. The molecule has 3 N–H and O–H groups in total. The molecule has 0 spiro atoms. The lowest BCUT2D eigenvalue weighted by Crippen LogP contribution is -2.06. The number of aromatic nitrogens is 1. The molecule has 90 valence electrons. The number of nitrogens with zero attached hydrogens (tertiary/aromatic N) is 1. The number of anilines is 2. The van der Waals surface area contributed by atoms with Crippen LogP contribution in [0.1, 0.15) is 13.3 Å². The second-order valence-corrected chi connectivity index (χ2v) is 3.87. The summed E-state index contributed by atoms with van der Waals surface area (Å²) < 4.78 is 5.28. The number of hydrogen-bond acceptors (Lipinski definition) is 4. The molecule has 0 amide bonds. The molecule has 2 aromatic rings. The smallest absolute Gasteiger partial charge is 0.144 e. The molecule has 0 aliphatic carbocycles. The number of methoxy groups -OCH3 is 1. The van der Waals surface area contributed by atoms with Gasteiger partial charge in [-0.25, -0.2) is 0 Å². The summed E-state index contributed by atoms with van der Waals surface area (Å²) in [6.45, 7) is 2.97. The molecule has 17 heavy (non-hydrogen) atoms. The van der Waals surface area contributed by atoms with Crippen LogP contribution >= 0.6 is 0 Å².